The van der Waals surface area contributed by atoms with E-state index in [2.05, 4.69) is 32.4 Å². The molecule has 1 aromatic heterocycles. The Bertz CT molecular complexity index is 749. The highest BCUT2D eigenvalue weighted by Crippen LogP contribution is 2.28. The van der Waals surface area contributed by atoms with Crippen LogP contribution in [0.25, 0.3) is 11.3 Å². The van der Waals surface area contributed by atoms with Crippen LogP contribution in [0.1, 0.15) is 25.6 Å². The zero-order chi connectivity index (χ0) is 19.8. The largest absolute Gasteiger partial charge is 0.389 e. The molecule has 3 N–H and O–H groups in total. The van der Waals surface area contributed by atoms with E-state index in [1.54, 1.807) is 0 Å². The quantitative estimate of drug-likeness (QED) is 0.259. The topological polar surface area (TPSA) is 85.8 Å². The molecule has 0 saturated heterocycles. The highest BCUT2D eigenvalue weighted by molar-refractivity contribution is 14.0. The number of halogens is 1. The molecule has 0 bridgehead atoms. The third-order valence-electron chi connectivity index (χ3n) is 4.61. The number of aromatic nitrogens is 2. The van der Waals surface area contributed by atoms with E-state index in [-0.39, 0.29) is 24.0 Å². The van der Waals surface area contributed by atoms with E-state index in [1.807, 2.05) is 43.3 Å². The summed E-state index contributed by atoms with van der Waals surface area (Å²) in [6.07, 6.45) is 3.77. The predicted molar refractivity (Wildman–Crippen MR) is 126 cm³/mol. The molecule has 0 radical (unpaired) electrons. The maximum Gasteiger partial charge on any atom is 0.194 e. The van der Waals surface area contributed by atoms with E-state index < -0.39 is 6.10 Å². The lowest BCUT2D eigenvalue weighted by molar-refractivity contribution is 0.0367. The molecule has 160 valence electrons. The minimum Gasteiger partial charge on any atom is -0.389 e. The maximum absolute atomic E-state index is 10.1. The van der Waals surface area contributed by atoms with Crippen molar-refractivity contribution in [2.24, 2.45) is 10.9 Å². The Balaban J connectivity index is 0.00000300. The van der Waals surface area contributed by atoms with Gasteiger partial charge in [0.25, 0.3) is 0 Å². The first kappa shape index (κ1) is 23.6. The molecule has 8 heteroatoms. The molecule has 7 nitrogen and oxygen atoms in total. The minimum atomic E-state index is -0.589. The van der Waals surface area contributed by atoms with Crippen LogP contribution in [-0.4, -0.2) is 65.4 Å². The van der Waals surface area contributed by atoms with Crippen LogP contribution in [0.15, 0.2) is 41.5 Å². The van der Waals surface area contributed by atoms with Gasteiger partial charge in [-0.3, -0.25) is 4.99 Å². The van der Waals surface area contributed by atoms with Crippen molar-refractivity contribution in [2.75, 3.05) is 33.4 Å². The number of nitrogens with zero attached hydrogens (tertiary/aromatic N) is 3. The molecule has 1 aliphatic rings. The van der Waals surface area contributed by atoms with Crippen LogP contribution in [-0.2, 0) is 11.3 Å². The Labute approximate surface area is 190 Å². The normalized spacial score (nSPS) is 14.9. The van der Waals surface area contributed by atoms with Crippen LogP contribution in [0.4, 0.5) is 0 Å². The monoisotopic (exact) mass is 513 g/mol. The Hall–Kier alpha value is -1.65. The molecule has 0 aliphatic heterocycles. The summed E-state index contributed by atoms with van der Waals surface area (Å²) in [6, 6.07) is 10.1. The Morgan fingerprint density at radius 1 is 1.38 bits per heavy atom. The average Bonchev–Trinajstić information content (AvgIpc) is 3.41. The molecule has 1 heterocycles. The summed E-state index contributed by atoms with van der Waals surface area (Å²) in [5.74, 6) is 2.30. The van der Waals surface area contributed by atoms with Gasteiger partial charge in [-0.05, 0) is 31.2 Å². The average molecular weight is 513 g/mol. The number of ether oxygens (including phenoxy) is 1. The molecule has 3 rings (SSSR count). The molecule has 1 aromatic carbocycles. The molecule has 1 saturated carbocycles. The van der Waals surface area contributed by atoms with Crippen molar-refractivity contribution in [2.45, 2.75) is 32.4 Å². The van der Waals surface area contributed by atoms with Crippen molar-refractivity contribution >= 4 is 29.9 Å². The number of aliphatic imine (C=N–C) groups is 1. The number of benzene rings is 1. The summed E-state index contributed by atoms with van der Waals surface area (Å²) < 4.78 is 5.54. The van der Waals surface area contributed by atoms with Gasteiger partial charge in [0, 0.05) is 20.2 Å². The molecule has 1 aliphatic carbocycles. The van der Waals surface area contributed by atoms with Crippen molar-refractivity contribution in [3.05, 3.63) is 42.4 Å². The van der Waals surface area contributed by atoms with E-state index in [0.29, 0.717) is 25.6 Å². The van der Waals surface area contributed by atoms with Gasteiger partial charge >= 0.3 is 0 Å². The molecular formula is C21H32IN5O2. The number of hydrogen-bond acceptors (Lipinski definition) is 4. The number of aliphatic hydroxyl groups excluding tert-OH is 1. The molecule has 2 aromatic rings. The van der Waals surface area contributed by atoms with Crippen LogP contribution >= 0.6 is 24.0 Å². The van der Waals surface area contributed by atoms with Crippen molar-refractivity contribution < 1.29 is 9.84 Å². The number of imidazole rings is 1. The van der Waals surface area contributed by atoms with Crippen molar-refractivity contribution in [3.8, 4) is 11.3 Å². The molecule has 1 atom stereocenters. The Kier molecular flexibility index (Phi) is 9.89. The molecule has 1 unspecified atom stereocenters. The number of guanidine groups is 1. The SMILES string of the molecule is CCNC(=NCC(O)COCC1CC1)N(C)Cc1ncc(-c2ccccc2)[nH]1.I. The molecule has 1 fully saturated rings. The standard InChI is InChI=1S/C21H31N5O2.HI/c1-3-22-21(24-11-18(27)15-28-14-16-9-10-16)26(2)13-20-23-12-19(25-20)17-7-5-4-6-8-17;/h4-8,12,16,18,27H,3,9-11,13-15H2,1-2H3,(H,22,24)(H,23,25);1H. The number of aromatic amines is 1. The van der Waals surface area contributed by atoms with Gasteiger partial charge in [-0.2, -0.15) is 0 Å². The first-order valence-electron chi connectivity index (χ1n) is 10.00. The molecular weight excluding hydrogens is 481 g/mol. The van der Waals surface area contributed by atoms with E-state index >= 15 is 0 Å². The van der Waals surface area contributed by atoms with Gasteiger partial charge in [0.15, 0.2) is 5.96 Å². The Morgan fingerprint density at radius 2 is 2.14 bits per heavy atom. The first-order valence-corrected chi connectivity index (χ1v) is 10.00. The van der Waals surface area contributed by atoms with Crippen molar-refractivity contribution in [3.63, 3.8) is 0 Å². The van der Waals surface area contributed by atoms with Crippen LogP contribution < -0.4 is 5.32 Å². The van der Waals surface area contributed by atoms with Crippen molar-refractivity contribution in [1.29, 1.82) is 0 Å². The lowest BCUT2D eigenvalue weighted by Crippen LogP contribution is -2.39. The number of rotatable bonds is 10. The zero-order valence-corrected chi connectivity index (χ0v) is 19.5. The number of nitrogens with one attached hydrogen (secondary N) is 2. The van der Waals surface area contributed by atoms with Gasteiger partial charge in [-0.15, -0.1) is 24.0 Å². The second-order valence-corrected chi connectivity index (χ2v) is 7.29. The summed E-state index contributed by atoms with van der Waals surface area (Å²) in [5, 5.41) is 13.4. The third kappa shape index (κ3) is 7.94. The van der Waals surface area contributed by atoms with Gasteiger partial charge < -0.3 is 25.0 Å². The summed E-state index contributed by atoms with van der Waals surface area (Å²) in [4.78, 5) is 14.4. The first-order chi connectivity index (χ1) is 13.7. The second kappa shape index (κ2) is 12.1. The fourth-order valence-electron chi connectivity index (χ4n) is 2.88. The number of hydrogen-bond donors (Lipinski definition) is 3. The van der Waals surface area contributed by atoms with Gasteiger partial charge in [0.05, 0.1) is 37.7 Å². The number of aliphatic hydroxyl groups is 1. The highest BCUT2D eigenvalue weighted by atomic mass is 127. The molecule has 0 amide bonds. The third-order valence-corrected chi connectivity index (χ3v) is 4.61. The summed E-state index contributed by atoms with van der Waals surface area (Å²) >= 11 is 0. The smallest absolute Gasteiger partial charge is 0.194 e. The fourth-order valence-corrected chi connectivity index (χ4v) is 2.88. The maximum atomic E-state index is 10.1. The van der Waals surface area contributed by atoms with E-state index in [0.717, 1.165) is 36.2 Å². The summed E-state index contributed by atoms with van der Waals surface area (Å²) in [5.41, 5.74) is 2.10. The fraction of sp³-hybridized carbons (Fsp3) is 0.524. The van der Waals surface area contributed by atoms with Crippen molar-refractivity contribution in [1.82, 2.24) is 20.2 Å². The van der Waals surface area contributed by atoms with Gasteiger partial charge in [-0.25, -0.2) is 4.98 Å². The lowest BCUT2D eigenvalue weighted by Gasteiger charge is -2.21. The predicted octanol–water partition coefficient (Wildman–Crippen LogP) is 2.88. The van der Waals surface area contributed by atoms with E-state index in [4.69, 9.17) is 4.74 Å². The van der Waals surface area contributed by atoms with Crippen LogP contribution in [0.5, 0.6) is 0 Å². The molecule has 0 spiro atoms. The number of H-pyrrole nitrogens is 1. The van der Waals surface area contributed by atoms with Gasteiger partial charge in [0.1, 0.15) is 5.82 Å². The van der Waals surface area contributed by atoms with Crippen LogP contribution in [0.3, 0.4) is 0 Å². The summed E-state index contributed by atoms with van der Waals surface area (Å²) in [7, 11) is 1.96. The minimum absolute atomic E-state index is 0. The highest BCUT2D eigenvalue weighted by Gasteiger charge is 2.21. The van der Waals surface area contributed by atoms with Gasteiger partial charge in [0.2, 0.25) is 0 Å². The van der Waals surface area contributed by atoms with E-state index in [1.165, 1.54) is 12.8 Å². The molecule has 29 heavy (non-hydrogen) atoms. The zero-order valence-electron chi connectivity index (χ0n) is 17.2. The summed E-state index contributed by atoms with van der Waals surface area (Å²) in [6.45, 7) is 4.77. The van der Waals surface area contributed by atoms with Crippen LogP contribution in [0.2, 0.25) is 0 Å². The van der Waals surface area contributed by atoms with Gasteiger partial charge in [-0.1, -0.05) is 30.3 Å². The lowest BCUT2D eigenvalue weighted by atomic mass is 10.2. The second-order valence-electron chi connectivity index (χ2n) is 7.29. The van der Waals surface area contributed by atoms with Crippen LogP contribution in [0, 0.1) is 5.92 Å². The Morgan fingerprint density at radius 3 is 2.83 bits per heavy atom. The van der Waals surface area contributed by atoms with E-state index in [9.17, 15) is 5.11 Å².